The van der Waals surface area contributed by atoms with Gasteiger partial charge in [0, 0.05) is 16.8 Å². The van der Waals surface area contributed by atoms with E-state index < -0.39 is 44.2 Å². The fourth-order valence-electron chi connectivity index (χ4n) is 3.41. The molecule has 1 fully saturated rings. The number of benzene rings is 1. The Bertz CT molecular complexity index is 1150. The number of nitrogen functional groups attached to an aromatic ring is 1. The van der Waals surface area contributed by atoms with E-state index in [0.29, 0.717) is 10.6 Å². The molecule has 2 aliphatic rings. The Kier molecular flexibility index (Phi) is 6.17. The lowest BCUT2D eigenvalue weighted by atomic mass is 9.96. The van der Waals surface area contributed by atoms with Gasteiger partial charge in [-0.3, -0.25) is 13.6 Å². The summed E-state index contributed by atoms with van der Waals surface area (Å²) < 4.78 is 35.6. The van der Waals surface area contributed by atoms with Gasteiger partial charge in [-0.1, -0.05) is 23.7 Å². The maximum absolute atomic E-state index is 13.0. The first-order valence-corrected chi connectivity index (χ1v) is 11.4. The molecule has 1 unspecified atom stereocenters. The van der Waals surface area contributed by atoms with E-state index >= 15 is 0 Å². The fourth-order valence-corrected chi connectivity index (χ4v) is 4.79. The Hall–Kier alpha value is -2.24. The van der Waals surface area contributed by atoms with Crippen molar-refractivity contribution in [3.8, 4) is 0 Å². The van der Waals surface area contributed by atoms with Gasteiger partial charge < -0.3 is 25.2 Å². The first kappa shape index (κ1) is 22.9. The topological polar surface area (TPSA) is 155 Å². The molecule has 2 aliphatic heterocycles. The molecule has 3 heterocycles. The number of hydrogen-bond acceptors (Lipinski definition) is 10. The molecule has 4 rings (SSSR count). The molecule has 0 spiro atoms. The van der Waals surface area contributed by atoms with Crippen LogP contribution in [0.1, 0.15) is 18.7 Å². The summed E-state index contributed by atoms with van der Waals surface area (Å²) in [4.78, 5) is 15.7. The number of ether oxygens (including phenoxy) is 1. The molecule has 0 bridgehead atoms. The van der Waals surface area contributed by atoms with Crippen LogP contribution in [-0.4, -0.2) is 50.8 Å². The third-order valence-electron chi connectivity index (χ3n) is 5.08. The van der Waals surface area contributed by atoms with Gasteiger partial charge in [0.1, 0.15) is 29.4 Å². The third kappa shape index (κ3) is 4.46. The minimum atomic E-state index is -4.06. The third-order valence-corrected chi connectivity index (χ3v) is 6.66. The predicted molar refractivity (Wildman–Crippen MR) is 113 cm³/mol. The molecule has 0 radical (unpaired) electrons. The highest BCUT2D eigenvalue weighted by Crippen LogP contribution is 2.55. The highest BCUT2D eigenvalue weighted by molar-refractivity contribution is 7.48. The van der Waals surface area contributed by atoms with Gasteiger partial charge >= 0.3 is 13.5 Å². The van der Waals surface area contributed by atoms with Crippen molar-refractivity contribution in [3.63, 3.8) is 0 Å². The van der Waals surface area contributed by atoms with Gasteiger partial charge in [0.15, 0.2) is 6.23 Å². The molecule has 0 aliphatic carbocycles. The lowest BCUT2D eigenvalue weighted by Crippen LogP contribution is -2.46. The Morgan fingerprint density at radius 2 is 2.22 bits per heavy atom. The minimum Gasteiger partial charge on any atom is -0.404 e. The molecule has 0 amide bonds. The van der Waals surface area contributed by atoms with Crippen molar-refractivity contribution in [3.05, 3.63) is 63.7 Å². The van der Waals surface area contributed by atoms with Crippen LogP contribution in [0.5, 0.6) is 0 Å². The second-order valence-electron chi connectivity index (χ2n) is 7.45. The summed E-state index contributed by atoms with van der Waals surface area (Å²) in [7, 11) is -4.06. The summed E-state index contributed by atoms with van der Waals surface area (Å²) >= 11 is 5.99. The highest BCUT2D eigenvalue weighted by atomic mass is 35.5. The number of aliphatic hydroxyl groups excluding tert-OH is 1. The zero-order valence-corrected chi connectivity index (χ0v) is 18.5. The number of rotatable bonds is 5. The van der Waals surface area contributed by atoms with Crippen LogP contribution in [0.2, 0.25) is 5.02 Å². The minimum absolute atomic E-state index is 0.00224. The van der Waals surface area contributed by atoms with Crippen LogP contribution in [0.4, 0.5) is 5.82 Å². The zero-order valence-electron chi connectivity index (χ0n) is 16.8. The first-order valence-electron chi connectivity index (χ1n) is 9.54. The number of nitrogens with two attached hydrogens (primary N) is 1. The van der Waals surface area contributed by atoms with Crippen molar-refractivity contribution in [1.29, 1.82) is 0 Å². The average Bonchev–Trinajstić information content (AvgIpc) is 2.96. The van der Waals surface area contributed by atoms with E-state index in [1.165, 1.54) is 19.2 Å². The van der Waals surface area contributed by atoms with E-state index in [-0.39, 0.29) is 18.2 Å². The maximum atomic E-state index is 13.0. The second-order valence-corrected chi connectivity index (χ2v) is 9.48. The molecule has 4 N–H and O–H groups in total. The van der Waals surface area contributed by atoms with Crippen LogP contribution in [0.25, 0.3) is 5.76 Å². The van der Waals surface area contributed by atoms with Crippen molar-refractivity contribution >= 4 is 31.0 Å². The zero-order chi connectivity index (χ0) is 23.1. The maximum Gasteiger partial charge on any atom is 0.530 e. The van der Waals surface area contributed by atoms with Gasteiger partial charge in [-0.25, -0.2) is 9.36 Å². The van der Waals surface area contributed by atoms with E-state index in [4.69, 9.17) is 35.6 Å². The number of hydrogen-bond donors (Lipinski definition) is 3. The Morgan fingerprint density at radius 1 is 1.44 bits per heavy atom. The molecule has 13 heteroatoms. The number of anilines is 1. The molecular formula is C19H21ClN3O8P. The summed E-state index contributed by atoms with van der Waals surface area (Å²) in [6, 6.07) is 8.10. The summed E-state index contributed by atoms with van der Waals surface area (Å²) in [6.45, 7) is 0.798. The standard InChI is InChI=1S/C19H21ClN3O8P/c1-19(26)16(24)14(30-17(19)23-7-5-15(21)22-18(23)25)10-29-32(27)28-8-6-13(31-32)11-3-2-4-12(20)9-11/h2-7,9,14,16-17,24,26H,8,10H2,1H3,(H2,21,22,25)/t14-,16-,17-,19-,32?/m1/s1. The van der Waals surface area contributed by atoms with Crippen LogP contribution in [-0.2, 0) is 22.9 Å². The molecular weight excluding hydrogens is 465 g/mol. The normalized spacial score (nSPS) is 32.4. The van der Waals surface area contributed by atoms with Crippen LogP contribution in [0.15, 0.2) is 47.4 Å². The summed E-state index contributed by atoms with van der Waals surface area (Å²) in [5.74, 6) is 0.261. The molecule has 2 aromatic rings. The number of aliphatic hydroxyl groups is 2. The summed E-state index contributed by atoms with van der Waals surface area (Å²) in [5, 5.41) is 21.8. The van der Waals surface area contributed by atoms with E-state index in [9.17, 15) is 19.6 Å². The predicted octanol–water partition coefficient (Wildman–Crippen LogP) is 1.70. The van der Waals surface area contributed by atoms with Crippen molar-refractivity contribution in [2.24, 2.45) is 0 Å². The summed E-state index contributed by atoms with van der Waals surface area (Å²) in [5.41, 5.74) is 3.41. The van der Waals surface area contributed by atoms with E-state index in [1.807, 2.05) is 0 Å². The lowest BCUT2D eigenvalue weighted by molar-refractivity contribution is -0.0986. The number of halogens is 1. The molecule has 5 atom stereocenters. The molecule has 1 saturated heterocycles. The number of phosphoric ester groups is 1. The highest BCUT2D eigenvalue weighted by Gasteiger charge is 2.54. The van der Waals surface area contributed by atoms with Gasteiger partial charge in [-0.05, 0) is 31.2 Å². The molecule has 32 heavy (non-hydrogen) atoms. The van der Waals surface area contributed by atoms with Gasteiger partial charge in [-0.2, -0.15) is 4.98 Å². The van der Waals surface area contributed by atoms with E-state index in [2.05, 4.69) is 4.98 Å². The number of nitrogens with zero attached hydrogens (tertiary/aromatic N) is 2. The van der Waals surface area contributed by atoms with Gasteiger partial charge in [0.05, 0.1) is 13.2 Å². The van der Waals surface area contributed by atoms with Gasteiger partial charge in [0.25, 0.3) is 0 Å². The Morgan fingerprint density at radius 3 is 2.94 bits per heavy atom. The lowest BCUT2D eigenvalue weighted by Gasteiger charge is -2.27. The van der Waals surface area contributed by atoms with Crippen LogP contribution < -0.4 is 11.4 Å². The quantitative estimate of drug-likeness (QED) is 0.533. The van der Waals surface area contributed by atoms with Crippen molar-refractivity contribution < 1.29 is 33.1 Å². The van der Waals surface area contributed by atoms with Gasteiger partial charge in [-0.15, -0.1) is 0 Å². The van der Waals surface area contributed by atoms with E-state index in [0.717, 1.165) is 4.57 Å². The van der Waals surface area contributed by atoms with Crippen molar-refractivity contribution in [2.75, 3.05) is 18.9 Å². The molecule has 11 nitrogen and oxygen atoms in total. The van der Waals surface area contributed by atoms with Crippen LogP contribution in [0.3, 0.4) is 0 Å². The Labute approximate surface area is 187 Å². The average molecular weight is 486 g/mol. The molecule has 1 aromatic heterocycles. The monoisotopic (exact) mass is 485 g/mol. The number of aromatic nitrogens is 2. The SMILES string of the molecule is C[C@@]1(O)[C@H](O)[C@@H](COP2(=O)OCC=C(c3cccc(Cl)c3)O2)O[C@H]1n1ccc(N)nc1=O. The van der Waals surface area contributed by atoms with E-state index in [1.54, 1.807) is 30.3 Å². The molecule has 172 valence electrons. The molecule has 1 aromatic carbocycles. The Balaban J connectivity index is 1.47. The van der Waals surface area contributed by atoms with Crippen molar-refractivity contribution in [2.45, 2.75) is 31.0 Å². The molecule has 0 saturated carbocycles. The summed E-state index contributed by atoms with van der Waals surface area (Å²) in [6.07, 6.45) is -1.07. The second kappa shape index (κ2) is 8.60. The van der Waals surface area contributed by atoms with Crippen LogP contribution in [0, 0.1) is 0 Å². The van der Waals surface area contributed by atoms with Gasteiger partial charge in [0.2, 0.25) is 0 Å². The van der Waals surface area contributed by atoms with Crippen LogP contribution >= 0.6 is 19.4 Å². The first-order chi connectivity index (χ1) is 15.1. The fraction of sp³-hybridized carbons (Fsp3) is 0.368. The van der Waals surface area contributed by atoms with Crippen molar-refractivity contribution in [1.82, 2.24) is 9.55 Å². The smallest absolute Gasteiger partial charge is 0.404 e. The number of phosphoric acid groups is 1. The largest absolute Gasteiger partial charge is 0.530 e.